The van der Waals surface area contributed by atoms with Gasteiger partial charge in [0.25, 0.3) is 0 Å². The molecule has 13 rings (SSSR count). The summed E-state index contributed by atoms with van der Waals surface area (Å²) in [7, 11) is 0. The van der Waals surface area contributed by atoms with E-state index in [0.29, 0.717) is 0 Å². The molecule has 0 radical (unpaired) electrons. The largest absolute Gasteiger partial charge is 0.309 e. The Balaban J connectivity index is 1.10. The Kier molecular flexibility index (Phi) is 6.06. The molecule has 0 aliphatic carbocycles. The van der Waals surface area contributed by atoms with Crippen LogP contribution in [0.4, 0.5) is 0 Å². The van der Waals surface area contributed by atoms with Crippen LogP contribution in [0.2, 0.25) is 0 Å². The first kappa shape index (κ1) is 30.5. The second kappa shape index (κ2) is 11.1. The fourth-order valence-electron chi connectivity index (χ4n) is 10.2. The van der Waals surface area contributed by atoms with E-state index in [0.717, 1.165) is 5.69 Å². The van der Waals surface area contributed by atoms with Gasteiger partial charge in [-0.15, -0.1) is 0 Å². The van der Waals surface area contributed by atoms with Crippen LogP contribution in [0.5, 0.6) is 0 Å². The molecule has 0 bridgehead atoms. The molecule has 4 heterocycles. The standard InChI is InChI=1S/C53H32N2S/c1-2-13-35-30-36(25-24-33(35)12-1)34-26-28-37(29-27-34)54-46-20-7-4-15-39(46)41-31-45-51(32-49(41)54)56-50-23-10-6-18-43(50)53(45)42-17-5-9-22-48(42)55-47-21-8-3-14-38(47)40-16-11-19-44(53)52(40)55/h1-32H. The van der Waals surface area contributed by atoms with Gasteiger partial charge in [-0.1, -0.05) is 151 Å². The maximum absolute atomic E-state index is 2.55. The fraction of sp³-hybridized carbons (Fsp3) is 0.0189. The van der Waals surface area contributed by atoms with Crippen molar-refractivity contribution < 1.29 is 0 Å². The van der Waals surface area contributed by atoms with Gasteiger partial charge < -0.3 is 9.13 Å². The van der Waals surface area contributed by atoms with Gasteiger partial charge in [0.2, 0.25) is 0 Å². The van der Waals surface area contributed by atoms with Crippen LogP contribution >= 0.6 is 11.8 Å². The van der Waals surface area contributed by atoms with Gasteiger partial charge in [-0.3, -0.25) is 0 Å². The van der Waals surface area contributed by atoms with Crippen LogP contribution in [-0.4, -0.2) is 9.13 Å². The Morgan fingerprint density at radius 3 is 1.86 bits per heavy atom. The first-order chi connectivity index (χ1) is 27.8. The fourth-order valence-corrected chi connectivity index (χ4v) is 11.4. The molecule has 2 nitrogen and oxygen atoms in total. The zero-order valence-corrected chi connectivity index (χ0v) is 31.1. The summed E-state index contributed by atoms with van der Waals surface area (Å²) in [5.41, 5.74) is 14.7. The van der Waals surface area contributed by atoms with E-state index in [1.54, 1.807) is 0 Å². The Hall–Kier alpha value is -6.81. The molecule has 260 valence electrons. The summed E-state index contributed by atoms with van der Waals surface area (Å²) in [6.45, 7) is 0. The van der Waals surface area contributed by atoms with Crippen molar-refractivity contribution in [2.45, 2.75) is 15.2 Å². The molecule has 2 aliphatic rings. The molecule has 1 atom stereocenters. The van der Waals surface area contributed by atoms with Gasteiger partial charge in [-0.2, -0.15) is 0 Å². The SMILES string of the molecule is c1ccc2c(c1)Sc1cc3c(cc1C21c2ccccc2-n2c4ccccc4c4cccc1c42)c1ccccc1n3-c1ccc(-c2ccc3ccccc3c2)cc1. The normalized spacial score (nSPS) is 15.5. The highest BCUT2D eigenvalue weighted by atomic mass is 32.2. The lowest BCUT2D eigenvalue weighted by molar-refractivity contribution is 0.691. The van der Waals surface area contributed by atoms with Crippen LogP contribution in [0.1, 0.15) is 22.3 Å². The Morgan fingerprint density at radius 2 is 1.00 bits per heavy atom. The van der Waals surface area contributed by atoms with Gasteiger partial charge >= 0.3 is 0 Å². The van der Waals surface area contributed by atoms with Gasteiger partial charge in [0, 0.05) is 37.0 Å². The number of nitrogens with zero attached hydrogens (tertiary/aromatic N) is 2. The third-order valence-corrected chi connectivity index (χ3v) is 13.7. The van der Waals surface area contributed by atoms with E-state index in [1.807, 2.05) is 11.8 Å². The molecule has 2 aliphatic heterocycles. The second-order valence-electron chi connectivity index (χ2n) is 15.2. The zero-order chi connectivity index (χ0) is 36.5. The highest BCUT2D eigenvalue weighted by Crippen LogP contribution is 2.61. The maximum atomic E-state index is 2.55. The zero-order valence-electron chi connectivity index (χ0n) is 30.3. The number of rotatable bonds is 2. The highest BCUT2D eigenvalue weighted by Gasteiger charge is 2.49. The van der Waals surface area contributed by atoms with Crippen molar-refractivity contribution in [1.29, 1.82) is 0 Å². The molecule has 3 heteroatoms. The van der Waals surface area contributed by atoms with Crippen LogP contribution < -0.4 is 0 Å². The smallest absolute Gasteiger partial charge is 0.0764 e. The van der Waals surface area contributed by atoms with E-state index >= 15 is 0 Å². The van der Waals surface area contributed by atoms with Crippen LogP contribution in [0.25, 0.3) is 76.9 Å². The molecular formula is C53H32N2S. The summed E-state index contributed by atoms with van der Waals surface area (Å²) in [6.07, 6.45) is 0. The molecule has 56 heavy (non-hydrogen) atoms. The first-order valence-corrected chi connectivity index (χ1v) is 20.2. The maximum Gasteiger partial charge on any atom is 0.0764 e. The number of fused-ring (bicyclic) bond motifs is 15. The average molecular weight is 729 g/mol. The molecule has 0 saturated carbocycles. The van der Waals surface area contributed by atoms with Gasteiger partial charge in [-0.05, 0) is 98.8 Å². The third kappa shape index (κ3) is 3.87. The topological polar surface area (TPSA) is 9.86 Å². The quantitative estimate of drug-likeness (QED) is 0.172. The number of aromatic nitrogens is 2. The van der Waals surface area contributed by atoms with Gasteiger partial charge in [0.1, 0.15) is 0 Å². The second-order valence-corrected chi connectivity index (χ2v) is 16.3. The van der Waals surface area contributed by atoms with Crippen molar-refractivity contribution >= 4 is 66.1 Å². The van der Waals surface area contributed by atoms with E-state index in [2.05, 4.69) is 203 Å². The summed E-state index contributed by atoms with van der Waals surface area (Å²) in [5, 5.41) is 7.65. The third-order valence-electron chi connectivity index (χ3n) is 12.5. The number of hydrogen-bond donors (Lipinski definition) is 0. The van der Waals surface area contributed by atoms with Crippen molar-refractivity contribution in [2.75, 3.05) is 0 Å². The van der Waals surface area contributed by atoms with Crippen LogP contribution in [0.3, 0.4) is 0 Å². The summed E-state index contributed by atoms with van der Waals surface area (Å²) < 4.78 is 4.99. The molecule has 11 aromatic rings. The lowest BCUT2D eigenvalue weighted by Crippen LogP contribution is -2.37. The minimum atomic E-state index is -0.517. The minimum absolute atomic E-state index is 0.517. The molecular weight excluding hydrogens is 697 g/mol. The highest BCUT2D eigenvalue weighted by molar-refractivity contribution is 7.99. The summed E-state index contributed by atoms with van der Waals surface area (Å²) in [4.78, 5) is 2.60. The van der Waals surface area contributed by atoms with Crippen LogP contribution in [0.15, 0.2) is 204 Å². The average Bonchev–Trinajstić information content (AvgIpc) is 3.77. The predicted molar refractivity (Wildman–Crippen MR) is 234 cm³/mol. The number of para-hydroxylation sites is 4. The predicted octanol–water partition coefficient (Wildman–Crippen LogP) is 13.9. The van der Waals surface area contributed by atoms with Gasteiger partial charge in [0.05, 0.1) is 33.2 Å². The Morgan fingerprint density at radius 1 is 0.357 bits per heavy atom. The monoisotopic (exact) mass is 728 g/mol. The summed E-state index contributed by atoms with van der Waals surface area (Å²) in [5.74, 6) is 0. The summed E-state index contributed by atoms with van der Waals surface area (Å²) in [6, 6.07) is 72.6. The van der Waals surface area contributed by atoms with Crippen molar-refractivity contribution in [3.05, 3.63) is 216 Å². The van der Waals surface area contributed by atoms with E-state index < -0.39 is 5.41 Å². The van der Waals surface area contributed by atoms with Gasteiger partial charge in [0.15, 0.2) is 0 Å². The lowest BCUT2D eigenvalue weighted by Gasteiger charge is -2.45. The van der Waals surface area contributed by atoms with Crippen LogP contribution in [-0.2, 0) is 5.41 Å². The van der Waals surface area contributed by atoms with Crippen LogP contribution in [0, 0.1) is 0 Å². The lowest BCUT2D eigenvalue weighted by atomic mass is 9.62. The molecule has 0 saturated heterocycles. The van der Waals surface area contributed by atoms with Crippen molar-refractivity contribution in [2.24, 2.45) is 0 Å². The van der Waals surface area contributed by atoms with E-state index in [4.69, 9.17) is 0 Å². The van der Waals surface area contributed by atoms with E-state index in [-0.39, 0.29) is 0 Å². The molecule has 0 fully saturated rings. The van der Waals surface area contributed by atoms with Crippen molar-refractivity contribution in [1.82, 2.24) is 9.13 Å². The Bertz CT molecular complexity index is 3460. The molecule has 0 amide bonds. The van der Waals surface area contributed by atoms with Gasteiger partial charge in [-0.25, -0.2) is 0 Å². The van der Waals surface area contributed by atoms with E-state index in [1.165, 1.54) is 103 Å². The van der Waals surface area contributed by atoms with Crippen molar-refractivity contribution in [3.63, 3.8) is 0 Å². The molecule has 9 aromatic carbocycles. The molecule has 2 aromatic heterocycles. The Labute approximate surface area is 327 Å². The molecule has 1 unspecified atom stereocenters. The number of hydrogen-bond acceptors (Lipinski definition) is 1. The number of benzene rings is 9. The molecule has 1 spiro atoms. The summed E-state index contributed by atoms with van der Waals surface area (Å²) >= 11 is 1.91. The van der Waals surface area contributed by atoms with E-state index in [9.17, 15) is 0 Å². The minimum Gasteiger partial charge on any atom is -0.309 e. The first-order valence-electron chi connectivity index (χ1n) is 19.3. The molecule has 0 N–H and O–H groups in total. The van der Waals surface area contributed by atoms with Crippen molar-refractivity contribution in [3.8, 4) is 22.5 Å².